The Bertz CT molecular complexity index is 598. The summed E-state index contributed by atoms with van der Waals surface area (Å²) in [4.78, 5) is 17.7. The van der Waals surface area contributed by atoms with Crippen LogP contribution < -0.4 is 11.1 Å². The molecule has 2 amide bonds. The van der Waals surface area contributed by atoms with E-state index >= 15 is 0 Å². The number of pyridine rings is 1. The third kappa shape index (κ3) is 4.29. The second kappa shape index (κ2) is 6.85. The number of hydrogen-bond acceptors (Lipinski definition) is 3. The Kier molecular flexibility index (Phi) is 4.90. The van der Waals surface area contributed by atoms with Gasteiger partial charge >= 0.3 is 6.03 Å². The second-order valence-electron chi connectivity index (χ2n) is 5.06. The molecule has 0 spiro atoms. The third-order valence-corrected chi connectivity index (χ3v) is 3.18. The molecule has 0 fully saturated rings. The maximum Gasteiger partial charge on any atom is 0.321 e. The maximum absolute atomic E-state index is 12.2. The number of nitrogens with two attached hydrogens (primary N) is 1. The zero-order chi connectivity index (χ0) is 15.2. The molecule has 1 unspecified atom stereocenters. The van der Waals surface area contributed by atoms with Crippen LogP contribution in [0.4, 0.5) is 10.5 Å². The SMILES string of the molecule is CC(N)c1cccc(NC(=O)N(C)Cc2ccncc2)c1. The van der Waals surface area contributed by atoms with Crippen molar-refractivity contribution < 1.29 is 4.79 Å². The topological polar surface area (TPSA) is 71.2 Å². The van der Waals surface area contributed by atoms with Gasteiger partial charge in [-0.1, -0.05) is 12.1 Å². The Labute approximate surface area is 124 Å². The smallest absolute Gasteiger partial charge is 0.321 e. The minimum absolute atomic E-state index is 0.0589. The van der Waals surface area contributed by atoms with Gasteiger partial charge in [0.15, 0.2) is 0 Å². The number of aromatic nitrogens is 1. The number of nitrogens with zero attached hydrogens (tertiary/aromatic N) is 2. The summed E-state index contributed by atoms with van der Waals surface area (Å²) in [5, 5.41) is 2.87. The van der Waals surface area contributed by atoms with Crippen LogP contribution in [0, 0.1) is 0 Å². The van der Waals surface area contributed by atoms with Gasteiger partial charge in [-0.05, 0) is 42.3 Å². The Morgan fingerprint density at radius 3 is 2.71 bits per heavy atom. The van der Waals surface area contributed by atoms with E-state index in [4.69, 9.17) is 5.73 Å². The first-order chi connectivity index (χ1) is 10.1. The number of nitrogens with one attached hydrogen (secondary N) is 1. The number of amides is 2. The highest BCUT2D eigenvalue weighted by molar-refractivity contribution is 5.89. The minimum Gasteiger partial charge on any atom is -0.324 e. The molecule has 2 rings (SSSR count). The number of rotatable bonds is 4. The summed E-state index contributed by atoms with van der Waals surface area (Å²) in [6, 6.07) is 11.1. The van der Waals surface area contributed by atoms with Gasteiger partial charge in [0, 0.05) is 37.7 Å². The number of urea groups is 1. The average Bonchev–Trinajstić information content (AvgIpc) is 2.48. The lowest BCUT2D eigenvalue weighted by atomic mass is 10.1. The summed E-state index contributed by atoms with van der Waals surface area (Å²) in [6.45, 7) is 2.44. The van der Waals surface area contributed by atoms with Gasteiger partial charge in [-0.15, -0.1) is 0 Å². The van der Waals surface area contributed by atoms with E-state index in [-0.39, 0.29) is 12.1 Å². The number of carbonyl (C=O) groups excluding carboxylic acids is 1. The molecule has 5 nitrogen and oxygen atoms in total. The molecule has 110 valence electrons. The molecule has 1 atom stereocenters. The Morgan fingerprint density at radius 2 is 2.05 bits per heavy atom. The van der Waals surface area contributed by atoms with Crippen molar-refractivity contribution >= 4 is 11.7 Å². The van der Waals surface area contributed by atoms with E-state index in [1.165, 1.54) is 0 Å². The first kappa shape index (κ1) is 15.0. The minimum atomic E-state index is -0.159. The molecule has 3 N–H and O–H groups in total. The van der Waals surface area contributed by atoms with Crippen LogP contribution >= 0.6 is 0 Å². The molecular weight excluding hydrogens is 264 g/mol. The summed E-state index contributed by atoms with van der Waals surface area (Å²) in [6.07, 6.45) is 3.43. The number of hydrogen-bond donors (Lipinski definition) is 2. The summed E-state index contributed by atoms with van der Waals surface area (Å²) >= 11 is 0. The Morgan fingerprint density at radius 1 is 1.33 bits per heavy atom. The molecule has 0 saturated carbocycles. The highest BCUT2D eigenvalue weighted by Crippen LogP contribution is 2.16. The second-order valence-corrected chi connectivity index (χ2v) is 5.06. The van der Waals surface area contributed by atoms with Crippen LogP contribution in [0.5, 0.6) is 0 Å². The quantitative estimate of drug-likeness (QED) is 0.907. The lowest BCUT2D eigenvalue weighted by Gasteiger charge is -2.18. The molecule has 5 heteroatoms. The van der Waals surface area contributed by atoms with Gasteiger partial charge in [-0.3, -0.25) is 4.98 Å². The van der Waals surface area contributed by atoms with Crippen LogP contribution in [0.1, 0.15) is 24.1 Å². The van der Waals surface area contributed by atoms with Gasteiger partial charge in [0.1, 0.15) is 0 Å². The Hall–Kier alpha value is -2.40. The summed E-state index contributed by atoms with van der Waals surface area (Å²) in [5.74, 6) is 0. The third-order valence-electron chi connectivity index (χ3n) is 3.18. The van der Waals surface area contributed by atoms with Crippen molar-refractivity contribution in [1.29, 1.82) is 0 Å². The highest BCUT2D eigenvalue weighted by Gasteiger charge is 2.10. The fourth-order valence-electron chi connectivity index (χ4n) is 1.95. The molecule has 21 heavy (non-hydrogen) atoms. The van der Waals surface area contributed by atoms with E-state index in [0.717, 1.165) is 16.8 Å². The summed E-state index contributed by atoms with van der Waals surface area (Å²) < 4.78 is 0. The van der Waals surface area contributed by atoms with E-state index in [9.17, 15) is 4.79 Å². The summed E-state index contributed by atoms with van der Waals surface area (Å²) in [7, 11) is 1.76. The first-order valence-electron chi connectivity index (χ1n) is 6.83. The van der Waals surface area contributed by atoms with Gasteiger partial charge in [0.2, 0.25) is 0 Å². The Balaban J connectivity index is 1.99. The number of benzene rings is 1. The molecule has 0 radical (unpaired) electrons. The predicted octanol–water partition coefficient (Wildman–Crippen LogP) is 2.77. The van der Waals surface area contributed by atoms with Crippen molar-refractivity contribution in [3.8, 4) is 0 Å². The zero-order valence-electron chi connectivity index (χ0n) is 12.3. The van der Waals surface area contributed by atoms with Crippen LogP contribution in [0.25, 0.3) is 0 Å². The van der Waals surface area contributed by atoms with Gasteiger partial charge in [-0.25, -0.2) is 4.79 Å². The van der Waals surface area contributed by atoms with Crippen molar-refractivity contribution in [2.45, 2.75) is 19.5 Å². The van der Waals surface area contributed by atoms with Crippen molar-refractivity contribution in [3.63, 3.8) is 0 Å². The van der Waals surface area contributed by atoms with Crippen LogP contribution in [0.3, 0.4) is 0 Å². The van der Waals surface area contributed by atoms with Gasteiger partial charge in [0.25, 0.3) is 0 Å². The zero-order valence-corrected chi connectivity index (χ0v) is 12.3. The molecule has 0 saturated heterocycles. The molecule has 1 aromatic heterocycles. The number of anilines is 1. The van der Waals surface area contributed by atoms with Crippen LogP contribution in [0.15, 0.2) is 48.8 Å². The molecule has 0 aliphatic carbocycles. The largest absolute Gasteiger partial charge is 0.324 e. The van der Waals surface area contributed by atoms with Crippen molar-refractivity contribution in [3.05, 3.63) is 59.9 Å². The van der Waals surface area contributed by atoms with Gasteiger partial charge < -0.3 is 16.0 Å². The molecule has 0 aliphatic rings. The lowest BCUT2D eigenvalue weighted by Crippen LogP contribution is -2.30. The molecule has 0 aliphatic heterocycles. The van der Waals surface area contributed by atoms with Crippen LogP contribution in [0.2, 0.25) is 0 Å². The fraction of sp³-hybridized carbons (Fsp3) is 0.250. The van der Waals surface area contributed by atoms with E-state index in [1.807, 2.05) is 43.3 Å². The van der Waals surface area contributed by atoms with Crippen LogP contribution in [-0.4, -0.2) is 23.0 Å². The number of carbonyl (C=O) groups is 1. The van der Waals surface area contributed by atoms with Gasteiger partial charge in [0.05, 0.1) is 0 Å². The van der Waals surface area contributed by atoms with Crippen LogP contribution in [-0.2, 0) is 6.54 Å². The first-order valence-corrected chi connectivity index (χ1v) is 6.83. The monoisotopic (exact) mass is 284 g/mol. The van der Waals surface area contributed by atoms with E-state index < -0.39 is 0 Å². The van der Waals surface area contributed by atoms with E-state index in [0.29, 0.717) is 6.54 Å². The molecule has 1 aromatic carbocycles. The predicted molar refractivity (Wildman–Crippen MR) is 83.8 cm³/mol. The highest BCUT2D eigenvalue weighted by atomic mass is 16.2. The fourth-order valence-corrected chi connectivity index (χ4v) is 1.95. The van der Waals surface area contributed by atoms with Crippen molar-refractivity contribution in [2.75, 3.05) is 12.4 Å². The van der Waals surface area contributed by atoms with Crippen molar-refractivity contribution in [2.24, 2.45) is 5.73 Å². The maximum atomic E-state index is 12.2. The molecule has 0 bridgehead atoms. The summed E-state index contributed by atoms with van der Waals surface area (Å²) in [5.41, 5.74) is 8.62. The van der Waals surface area contributed by atoms with Gasteiger partial charge in [-0.2, -0.15) is 0 Å². The molecular formula is C16H20N4O. The van der Waals surface area contributed by atoms with E-state index in [1.54, 1.807) is 24.3 Å². The van der Waals surface area contributed by atoms with Crippen molar-refractivity contribution in [1.82, 2.24) is 9.88 Å². The average molecular weight is 284 g/mol. The molecule has 2 aromatic rings. The normalized spacial score (nSPS) is 11.8. The standard InChI is InChI=1S/C16H20N4O/c1-12(17)14-4-3-5-15(10-14)19-16(21)20(2)11-13-6-8-18-9-7-13/h3-10,12H,11,17H2,1-2H3,(H,19,21). The lowest BCUT2D eigenvalue weighted by molar-refractivity contribution is 0.220. The molecule has 1 heterocycles. The van der Waals surface area contributed by atoms with E-state index in [2.05, 4.69) is 10.3 Å².